The Morgan fingerprint density at radius 2 is 2.24 bits per heavy atom. The predicted octanol–water partition coefficient (Wildman–Crippen LogP) is 1.81. The normalized spacial score (nSPS) is 17.7. The smallest absolute Gasteiger partial charge is 0.407 e. The van der Waals surface area contributed by atoms with Gasteiger partial charge in [0.05, 0.1) is 12.2 Å². The Bertz CT molecular complexity index is 577. The SMILES string of the molecule is Cc1nc(C(C)C)nc(SCC2CNC(=O)O2)c1C(=O)O. The molecule has 114 valence electrons. The van der Waals surface area contributed by atoms with Gasteiger partial charge in [-0.2, -0.15) is 0 Å². The molecule has 0 radical (unpaired) electrons. The molecule has 0 aliphatic carbocycles. The van der Waals surface area contributed by atoms with Gasteiger partial charge in [-0.15, -0.1) is 11.8 Å². The molecule has 0 aromatic carbocycles. The number of aromatic nitrogens is 2. The van der Waals surface area contributed by atoms with E-state index >= 15 is 0 Å². The van der Waals surface area contributed by atoms with Crippen LogP contribution in [0.15, 0.2) is 5.03 Å². The molecular formula is C13H17N3O4S. The number of nitrogens with one attached hydrogen (secondary N) is 1. The molecule has 21 heavy (non-hydrogen) atoms. The molecular weight excluding hydrogens is 294 g/mol. The van der Waals surface area contributed by atoms with Crippen LogP contribution < -0.4 is 5.32 Å². The van der Waals surface area contributed by atoms with Gasteiger partial charge in [0.1, 0.15) is 22.5 Å². The molecule has 1 aromatic rings. The number of ether oxygens (including phenoxy) is 1. The van der Waals surface area contributed by atoms with Gasteiger partial charge in [-0.05, 0) is 6.92 Å². The molecule has 0 bridgehead atoms. The van der Waals surface area contributed by atoms with Crippen molar-refractivity contribution in [3.05, 3.63) is 17.1 Å². The number of aromatic carboxylic acids is 1. The molecule has 1 atom stereocenters. The second kappa shape index (κ2) is 6.30. The number of nitrogens with zero attached hydrogens (tertiary/aromatic N) is 2. The van der Waals surface area contributed by atoms with E-state index in [-0.39, 0.29) is 17.6 Å². The average Bonchev–Trinajstić information content (AvgIpc) is 2.80. The van der Waals surface area contributed by atoms with Crippen molar-refractivity contribution in [1.29, 1.82) is 0 Å². The first-order valence-corrected chi connectivity index (χ1v) is 7.56. The minimum absolute atomic E-state index is 0.108. The van der Waals surface area contributed by atoms with E-state index in [0.29, 0.717) is 28.8 Å². The maximum Gasteiger partial charge on any atom is 0.407 e. The van der Waals surface area contributed by atoms with Crippen molar-refractivity contribution in [2.75, 3.05) is 12.3 Å². The van der Waals surface area contributed by atoms with Crippen molar-refractivity contribution in [3.63, 3.8) is 0 Å². The number of carboxylic acids is 1. The first-order valence-electron chi connectivity index (χ1n) is 6.57. The quantitative estimate of drug-likeness (QED) is 0.631. The Balaban J connectivity index is 2.22. The number of carbonyl (C=O) groups excluding carboxylic acids is 1. The maximum atomic E-state index is 11.4. The highest BCUT2D eigenvalue weighted by molar-refractivity contribution is 7.99. The number of cyclic esters (lactones) is 1. The lowest BCUT2D eigenvalue weighted by Gasteiger charge is -2.13. The van der Waals surface area contributed by atoms with Crippen LogP contribution in [0.3, 0.4) is 0 Å². The lowest BCUT2D eigenvalue weighted by atomic mass is 10.2. The van der Waals surface area contributed by atoms with Crippen molar-refractivity contribution in [1.82, 2.24) is 15.3 Å². The Hall–Kier alpha value is -1.83. The van der Waals surface area contributed by atoms with Crippen molar-refractivity contribution in [2.24, 2.45) is 0 Å². The summed E-state index contributed by atoms with van der Waals surface area (Å²) in [6.07, 6.45) is -0.720. The van der Waals surface area contributed by atoms with Gasteiger partial charge >= 0.3 is 12.1 Å². The zero-order chi connectivity index (χ0) is 15.6. The van der Waals surface area contributed by atoms with E-state index in [2.05, 4.69) is 15.3 Å². The first-order chi connectivity index (χ1) is 9.88. The zero-order valence-electron chi connectivity index (χ0n) is 12.0. The van der Waals surface area contributed by atoms with Gasteiger partial charge in [-0.3, -0.25) is 0 Å². The van der Waals surface area contributed by atoms with Gasteiger partial charge in [0.15, 0.2) is 0 Å². The summed E-state index contributed by atoms with van der Waals surface area (Å²) in [5.74, 6) is 0.123. The molecule has 0 spiro atoms. The van der Waals surface area contributed by atoms with Crippen molar-refractivity contribution in [2.45, 2.75) is 37.8 Å². The molecule has 0 saturated carbocycles. The highest BCUT2D eigenvalue weighted by Gasteiger charge is 2.25. The van der Waals surface area contributed by atoms with E-state index in [9.17, 15) is 14.7 Å². The predicted molar refractivity (Wildman–Crippen MR) is 76.8 cm³/mol. The van der Waals surface area contributed by atoms with Crippen molar-refractivity contribution < 1.29 is 19.4 Å². The second-order valence-corrected chi connectivity index (χ2v) is 6.04. The third-order valence-corrected chi connectivity index (χ3v) is 4.07. The van der Waals surface area contributed by atoms with Crippen LogP contribution in [0.5, 0.6) is 0 Å². The molecule has 7 nitrogen and oxygen atoms in total. The van der Waals surface area contributed by atoms with Gasteiger partial charge in [0, 0.05) is 11.7 Å². The number of aryl methyl sites for hydroxylation is 1. The summed E-state index contributed by atoms with van der Waals surface area (Å²) in [5, 5.41) is 12.3. The molecule has 2 rings (SSSR count). The number of rotatable bonds is 5. The Morgan fingerprint density at radius 1 is 1.52 bits per heavy atom. The highest BCUT2D eigenvalue weighted by atomic mass is 32.2. The van der Waals surface area contributed by atoms with Crippen LogP contribution in [0.4, 0.5) is 4.79 Å². The van der Waals surface area contributed by atoms with Crippen LogP contribution in [-0.4, -0.2) is 45.5 Å². The van der Waals surface area contributed by atoms with E-state index in [4.69, 9.17) is 4.74 Å². The van der Waals surface area contributed by atoms with E-state index < -0.39 is 12.1 Å². The van der Waals surface area contributed by atoms with Gasteiger partial charge in [0.25, 0.3) is 0 Å². The van der Waals surface area contributed by atoms with Crippen LogP contribution >= 0.6 is 11.8 Å². The summed E-state index contributed by atoms with van der Waals surface area (Å²) in [7, 11) is 0. The summed E-state index contributed by atoms with van der Waals surface area (Å²) in [4.78, 5) is 30.9. The van der Waals surface area contributed by atoms with Crippen LogP contribution in [0, 0.1) is 6.92 Å². The maximum absolute atomic E-state index is 11.4. The average molecular weight is 311 g/mol. The Morgan fingerprint density at radius 3 is 2.76 bits per heavy atom. The summed E-state index contributed by atoms with van der Waals surface area (Å²) >= 11 is 1.27. The number of amides is 1. The molecule has 1 fully saturated rings. The number of hydrogen-bond donors (Lipinski definition) is 2. The first kappa shape index (κ1) is 15.6. The van der Waals surface area contributed by atoms with Crippen LogP contribution in [0.1, 0.15) is 41.6 Å². The topological polar surface area (TPSA) is 101 Å². The molecule has 2 N–H and O–H groups in total. The summed E-state index contributed by atoms with van der Waals surface area (Å²) in [5.41, 5.74) is 0.562. The lowest BCUT2D eigenvalue weighted by Crippen LogP contribution is -2.17. The molecule has 1 aliphatic heterocycles. The second-order valence-electron chi connectivity index (χ2n) is 5.03. The highest BCUT2D eigenvalue weighted by Crippen LogP contribution is 2.26. The fourth-order valence-corrected chi connectivity index (χ4v) is 2.94. The third kappa shape index (κ3) is 3.63. The standard InChI is InChI=1S/C13H17N3O4S/c1-6(2)10-15-7(3)9(12(17)18)11(16-10)21-5-8-4-14-13(19)20-8/h6,8H,4-5H2,1-3H3,(H,14,19)(H,17,18). The van der Waals surface area contributed by atoms with Crippen LogP contribution in [0.2, 0.25) is 0 Å². The molecule has 8 heteroatoms. The van der Waals surface area contributed by atoms with Crippen LogP contribution in [0.25, 0.3) is 0 Å². The van der Waals surface area contributed by atoms with Gasteiger partial charge in [-0.1, -0.05) is 13.8 Å². The van der Waals surface area contributed by atoms with Crippen molar-refractivity contribution >= 4 is 23.8 Å². The fraction of sp³-hybridized carbons (Fsp3) is 0.538. The van der Waals surface area contributed by atoms with Gasteiger partial charge in [0.2, 0.25) is 0 Å². The molecule has 1 unspecified atom stereocenters. The third-order valence-electron chi connectivity index (χ3n) is 2.96. The Labute approximate surface area is 126 Å². The zero-order valence-corrected chi connectivity index (χ0v) is 12.9. The summed E-state index contributed by atoms with van der Waals surface area (Å²) in [6, 6.07) is 0. The molecule has 1 aromatic heterocycles. The summed E-state index contributed by atoms with van der Waals surface area (Å²) in [6.45, 7) is 5.99. The van der Waals surface area contributed by atoms with Crippen LogP contribution in [-0.2, 0) is 4.74 Å². The van der Waals surface area contributed by atoms with E-state index in [0.717, 1.165) is 0 Å². The minimum atomic E-state index is -1.05. The van der Waals surface area contributed by atoms with E-state index in [1.165, 1.54) is 11.8 Å². The monoisotopic (exact) mass is 311 g/mol. The molecule has 1 saturated heterocycles. The number of alkyl carbamates (subject to hydrolysis) is 1. The van der Waals surface area contributed by atoms with Crippen molar-refractivity contribution in [3.8, 4) is 0 Å². The molecule has 2 heterocycles. The van der Waals surface area contributed by atoms with E-state index in [1.54, 1.807) is 6.92 Å². The Kier molecular flexibility index (Phi) is 4.66. The number of carbonyl (C=O) groups is 2. The number of hydrogen-bond acceptors (Lipinski definition) is 6. The minimum Gasteiger partial charge on any atom is -0.478 e. The summed E-state index contributed by atoms with van der Waals surface area (Å²) < 4.78 is 5.03. The largest absolute Gasteiger partial charge is 0.478 e. The molecule has 1 aliphatic rings. The number of thioether (sulfide) groups is 1. The fourth-order valence-electron chi connectivity index (χ4n) is 1.87. The van der Waals surface area contributed by atoms with E-state index in [1.807, 2.05) is 13.8 Å². The molecule has 1 amide bonds. The van der Waals surface area contributed by atoms with Gasteiger partial charge in [-0.25, -0.2) is 19.6 Å². The van der Waals surface area contributed by atoms with Gasteiger partial charge < -0.3 is 15.2 Å². The number of carboxylic acid groups (broad SMARTS) is 1. The lowest BCUT2D eigenvalue weighted by molar-refractivity contribution is 0.0690.